The number of aliphatic imine (C=N–C) groups is 1. The highest BCUT2D eigenvalue weighted by Crippen LogP contribution is 2.46. The van der Waals surface area contributed by atoms with E-state index in [4.69, 9.17) is 4.74 Å². The molecule has 2 N–H and O–H groups in total. The van der Waals surface area contributed by atoms with Crippen LogP contribution in [0.3, 0.4) is 0 Å². The van der Waals surface area contributed by atoms with Gasteiger partial charge in [-0.15, -0.1) is 24.0 Å². The standard InChI is InChI=1S/C20H32N4O.HI/c1-21-20(23-18-8-10-24(11-9-18)12-13-25-2)22-15-17-14-19(17)16-6-4-3-5-7-16;/h3-7,17-19H,8-15H2,1-2H3,(H2,21,22,23);1H. The summed E-state index contributed by atoms with van der Waals surface area (Å²) < 4.78 is 5.17. The van der Waals surface area contributed by atoms with Crippen LogP contribution in [0.1, 0.15) is 30.7 Å². The predicted molar refractivity (Wildman–Crippen MR) is 119 cm³/mol. The number of methoxy groups -OCH3 is 1. The van der Waals surface area contributed by atoms with Crippen molar-refractivity contribution >= 4 is 29.9 Å². The molecule has 0 amide bonds. The van der Waals surface area contributed by atoms with Crippen LogP contribution in [0.2, 0.25) is 0 Å². The van der Waals surface area contributed by atoms with Crippen LogP contribution in [0.15, 0.2) is 35.3 Å². The first kappa shape index (κ1) is 21.4. The minimum absolute atomic E-state index is 0. The van der Waals surface area contributed by atoms with Gasteiger partial charge in [0.15, 0.2) is 5.96 Å². The molecule has 26 heavy (non-hydrogen) atoms. The Balaban J connectivity index is 0.00000243. The molecule has 3 rings (SSSR count). The first-order chi connectivity index (χ1) is 12.3. The fourth-order valence-electron chi connectivity index (χ4n) is 3.72. The van der Waals surface area contributed by atoms with Gasteiger partial charge in [-0.25, -0.2) is 0 Å². The van der Waals surface area contributed by atoms with Gasteiger partial charge in [0.25, 0.3) is 0 Å². The lowest BCUT2D eigenvalue weighted by Gasteiger charge is -2.32. The van der Waals surface area contributed by atoms with Crippen LogP contribution in [0, 0.1) is 5.92 Å². The number of halogens is 1. The van der Waals surface area contributed by atoms with Gasteiger partial charge in [0.1, 0.15) is 0 Å². The molecule has 1 heterocycles. The molecule has 0 bridgehead atoms. The Morgan fingerprint density at radius 2 is 1.96 bits per heavy atom. The molecule has 146 valence electrons. The van der Waals surface area contributed by atoms with Crippen molar-refractivity contribution in [3.63, 3.8) is 0 Å². The molecular weight excluding hydrogens is 439 g/mol. The lowest BCUT2D eigenvalue weighted by atomic mass is 10.1. The Morgan fingerprint density at radius 3 is 2.62 bits per heavy atom. The van der Waals surface area contributed by atoms with E-state index >= 15 is 0 Å². The number of likely N-dealkylation sites (tertiary alicyclic amines) is 1. The quantitative estimate of drug-likeness (QED) is 0.364. The van der Waals surface area contributed by atoms with Gasteiger partial charge < -0.3 is 20.3 Å². The highest BCUT2D eigenvalue weighted by molar-refractivity contribution is 14.0. The molecule has 0 aromatic heterocycles. The number of benzene rings is 1. The normalized spacial score (nSPS) is 24.0. The fraction of sp³-hybridized carbons (Fsp3) is 0.650. The summed E-state index contributed by atoms with van der Waals surface area (Å²) in [5.74, 6) is 2.40. The number of nitrogens with one attached hydrogen (secondary N) is 2. The van der Waals surface area contributed by atoms with Crippen molar-refractivity contribution in [3.05, 3.63) is 35.9 Å². The van der Waals surface area contributed by atoms with E-state index in [-0.39, 0.29) is 24.0 Å². The first-order valence-corrected chi connectivity index (χ1v) is 9.53. The van der Waals surface area contributed by atoms with Crippen molar-refractivity contribution in [1.82, 2.24) is 15.5 Å². The van der Waals surface area contributed by atoms with Crippen molar-refractivity contribution in [1.29, 1.82) is 0 Å². The molecule has 2 atom stereocenters. The molecule has 1 saturated heterocycles. The van der Waals surface area contributed by atoms with Crippen LogP contribution in [0.5, 0.6) is 0 Å². The second kappa shape index (κ2) is 11.1. The predicted octanol–water partition coefficient (Wildman–Crippen LogP) is 2.68. The Labute approximate surface area is 175 Å². The zero-order chi connectivity index (χ0) is 17.5. The highest BCUT2D eigenvalue weighted by atomic mass is 127. The third-order valence-electron chi connectivity index (χ3n) is 5.45. The summed E-state index contributed by atoms with van der Waals surface area (Å²) in [6, 6.07) is 11.4. The second-order valence-electron chi connectivity index (χ2n) is 7.22. The Morgan fingerprint density at radius 1 is 1.23 bits per heavy atom. The average Bonchev–Trinajstić information content (AvgIpc) is 3.45. The largest absolute Gasteiger partial charge is 0.383 e. The summed E-state index contributed by atoms with van der Waals surface area (Å²) in [5.41, 5.74) is 1.47. The first-order valence-electron chi connectivity index (χ1n) is 9.53. The molecule has 1 aliphatic heterocycles. The third-order valence-corrected chi connectivity index (χ3v) is 5.45. The van der Waals surface area contributed by atoms with Gasteiger partial charge >= 0.3 is 0 Å². The van der Waals surface area contributed by atoms with Crippen molar-refractivity contribution in [3.8, 4) is 0 Å². The molecule has 2 aliphatic rings. The van der Waals surface area contributed by atoms with E-state index in [0.29, 0.717) is 6.04 Å². The van der Waals surface area contributed by atoms with Gasteiger partial charge in [-0.1, -0.05) is 30.3 Å². The summed E-state index contributed by atoms with van der Waals surface area (Å²) in [6.07, 6.45) is 3.62. The average molecular weight is 472 g/mol. The van der Waals surface area contributed by atoms with E-state index in [1.54, 1.807) is 7.11 Å². The number of hydrogen-bond donors (Lipinski definition) is 2. The molecule has 1 aromatic rings. The molecule has 1 aliphatic carbocycles. The lowest BCUT2D eigenvalue weighted by molar-refractivity contribution is 0.128. The Bertz CT molecular complexity index is 546. The van der Waals surface area contributed by atoms with Crippen LogP contribution in [-0.2, 0) is 4.74 Å². The molecule has 1 aromatic carbocycles. The van der Waals surface area contributed by atoms with Gasteiger partial charge in [-0.05, 0) is 36.7 Å². The SMILES string of the molecule is CN=C(NCC1CC1c1ccccc1)NC1CCN(CCOC)CC1.I. The maximum Gasteiger partial charge on any atom is 0.191 e. The summed E-state index contributed by atoms with van der Waals surface area (Å²) in [5, 5.41) is 7.13. The van der Waals surface area contributed by atoms with E-state index in [9.17, 15) is 0 Å². The maximum absolute atomic E-state index is 5.17. The van der Waals surface area contributed by atoms with E-state index in [1.165, 1.54) is 24.8 Å². The monoisotopic (exact) mass is 472 g/mol. The van der Waals surface area contributed by atoms with Crippen molar-refractivity contribution in [2.45, 2.75) is 31.2 Å². The zero-order valence-electron chi connectivity index (χ0n) is 16.0. The van der Waals surface area contributed by atoms with Gasteiger partial charge in [0, 0.05) is 46.4 Å². The van der Waals surface area contributed by atoms with Crippen molar-refractivity contribution < 1.29 is 4.74 Å². The summed E-state index contributed by atoms with van der Waals surface area (Å²) in [6.45, 7) is 5.14. The molecule has 6 heteroatoms. The molecule has 2 fully saturated rings. The van der Waals surface area contributed by atoms with Crippen LogP contribution in [0.4, 0.5) is 0 Å². The second-order valence-corrected chi connectivity index (χ2v) is 7.22. The molecule has 1 saturated carbocycles. The van der Waals surface area contributed by atoms with Crippen molar-refractivity contribution in [2.24, 2.45) is 10.9 Å². The number of hydrogen-bond acceptors (Lipinski definition) is 3. The number of nitrogens with zero attached hydrogens (tertiary/aromatic N) is 2. The highest BCUT2D eigenvalue weighted by Gasteiger charge is 2.37. The van der Waals surface area contributed by atoms with E-state index in [2.05, 4.69) is 50.9 Å². The number of rotatable bonds is 7. The molecule has 0 radical (unpaired) electrons. The van der Waals surface area contributed by atoms with Crippen LogP contribution >= 0.6 is 24.0 Å². The van der Waals surface area contributed by atoms with Gasteiger partial charge in [0.2, 0.25) is 0 Å². The minimum Gasteiger partial charge on any atom is -0.383 e. The number of guanidine groups is 1. The van der Waals surface area contributed by atoms with E-state index < -0.39 is 0 Å². The third kappa shape index (κ3) is 6.39. The molecule has 5 nitrogen and oxygen atoms in total. The molecular formula is C20H33IN4O. The van der Waals surface area contributed by atoms with Crippen LogP contribution in [0.25, 0.3) is 0 Å². The van der Waals surface area contributed by atoms with Gasteiger partial charge in [-0.2, -0.15) is 0 Å². The van der Waals surface area contributed by atoms with Gasteiger partial charge in [-0.3, -0.25) is 4.99 Å². The molecule has 2 unspecified atom stereocenters. The molecule has 0 spiro atoms. The lowest BCUT2D eigenvalue weighted by Crippen LogP contribution is -2.49. The van der Waals surface area contributed by atoms with Gasteiger partial charge in [0.05, 0.1) is 6.61 Å². The van der Waals surface area contributed by atoms with Crippen LogP contribution in [-0.4, -0.2) is 63.8 Å². The van der Waals surface area contributed by atoms with Crippen LogP contribution < -0.4 is 10.6 Å². The van der Waals surface area contributed by atoms with E-state index in [1.807, 2.05) is 7.05 Å². The minimum atomic E-state index is 0. The van der Waals surface area contributed by atoms with Crippen molar-refractivity contribution in [2.75, 3.05) is 46.9 Å². The number of piperidine rings is 1. The Hall–Kier alpha value is -0.860. The zero-order valence-corrected chi connectivity index (χ0v) is 18.3. The summed E-state index contributed by atoms with van der Waals surface area (Å²) >= 11 is 0. The number of ether oxygens (including phenoxy) is 1. The van der Waals surface area contributed by atoms with E-state index in [0.717, 1.165) is 50.6 Å². The topological polar surface area (TPSA) is 48.9 Å². The fourth-order valence-corrected chi connectivity index (χ4v) is 3.72. The Kier molecular flexibility index (Phi) is 9.15. The summed E-state index contributed by atoms with van der Waals surface area (Å²) in [7, 11) is 3.64. The smallest absolute Gasteiger partial charge is 0.191 e. The maximum atomic E-state index is 5.17. The summed E-state index contributed by atoms with van der Waals surface area (Å²) in [4.78, 5) is 6.89.